The van der Waals surface area contributed by atoms with Gasteiger partial charge in [-0.3, -0.25) is 4.79 Å². The molecular weight excluding hydrogens is 192 g/mol. The van der Waals surface area contributed by atoms with E-state index in [-0.39, 0.29) is 11.7 Å². The van der Waals surface area contributed by atoms with Crippen molar-refractivity contribution in [3.8, 4) is 11.5 Å². The molecule has 0 aliphatic heterocycles. The van der Waals surface area contributed by atoms with Gasteiger partial charge in [-0.15, -0.1) is 0 Å². The lowest BCUT2D eigenvalue weighted by Crippen LogP contribution is -2.25. The van der Waals surface area contributed by atoms with Gasteiger partial charge in [0.1, 0.15) is 11.5 Å². The number of carbonyl (C=O) groups excluding carboxylic acids is 1. The summed E-state index contributed by atoms with van der Waals surface area (Å²) in [5.74, 6) is 0.382. The van der Waals surface area contributed by atoms with Gasteiger partial charge in [0, 0.05) is 0 Å². The Kier molecular flexibility index (Phi) is 3.03. The summed E-state index contributed by atoms with van der Waals surface area (Å²) in [6.45, 7) is 7.17. The first-order valence-electron chi connectivity index (χ1n) is 4.82. The van der Waals surface area contributed by atoms with Gasteiger partial charge in [-0.2, -0.15) is 0 Å². The number of hydrogen-bond acceptors (Lipinski definition) is 3. The number of aryl methyl sites for hydroxylation is 1. The molecule has 1 aromatic carbocycles. The predicted octanol–water partition coefficient (Wildman–Crippen LogP) is 2.65. The molecule has 0 heterocycles. The standard InChI is InChI=1S/C12H16O3/c1-8-7-9(13)5-6-10(8)15-11(14)12(2,3)4/h5-7,13H,1-4H3. The average Bonchev–Trinajstić information content (AvgIpc) is 2.08. The van der Waals surface area contributed by atoms with Crippen molar-refractivity contribution in [3.05, 3.63) is 23.8 Å². The van der Waals surface area contributed by atoms with E-state index >= 15 is 0 Å². The zero-order valence-electron chi connectivity index (χ0n) is 9.50. The third-order valence-electron chi connectivity index (χ3n) is 1.97. The van der Waals surface area contributed by atoms with Gasteiger partial charge in [-0.25, -0.2) is 0 Å². The fraction of sp³-hybridized carbons (Fsp3) is 0.417. The molecule has 0 saturated heterocycles. The van der Waals surface area contributed by atoms with Crippen molar-refractivity contribution in [1.29, 1.82) is 0 Å². The van der Waals surface area contributed by atoms with Gasteiger partial charge in [0.25, 0.3) is 0 Å². The molecule has 82 valence electrons. The molecule has 0 fully saturated rings. The highest BCUT2D eigenvalue weighted by Crippen LogP contribution is 2.25. The summed E-state index contributed by atoms with van der Waals surface area (Å²) in [5.41, 5.74) is 0.220. The molecule has 0 aromatic heterocycles. The van der Waals surface area contributed by atoms with Crippen molar-refractivity contribution in [2.45, 2.75) is 27.7 Å². The molecule has 0 saturated carbocycles. The summed E-state index contributed by atoms with van der Waals surface area (Å²) in [6.07, 6.45) is 0. The Morgan fingerprint density at radius 2 is 1.93 bits per heavy atom. The summed E-state index contributed by atoms with van der Waals surface area (Å²) in [4.78, 5) is 11.6. The molecular formula is C12H16O3. The van der Waals surface area contributed by atoms with E-state index in [2.05, 4.69) is 0 Å². The Balaban J connectivity index is 2.87. The molecule has 3 heteroatoms. The van der Waals surface area contributed by atoms with Gasteiger partial charge in [0.2, 0.25) is 0 Å². The van der Waals surface area contributed by atoms with E-state index in [1.807, 2.05) is 0 Å². The molecule has 3 nitrogen and oxygen atoms in total. The molecule has 0 unspecified atom stereocenters. The quantitative estimate of drug-likeness (QED) is 0.570. The van der Waals surface area contributed by atoms with Gasteiger partial charge >= 0.3 is 5.97 Å². The second-order valence-corrected chi connectivity index (χ2v) is 4.59. The number of rotatable bonds is 1. The number of esters is 1. The zero-order chi connectivity index (χ0) is 11.6. The van der Waals surface area contributed by atoms with Crippen LogP contribution in [0.25, 0.3) is 0 Å². The third-order valence-corrected chi connectivity index (χ3v) is 1.97. The van der Waals surface area contributed by atoms with E-state index in [1.54, 1.807) is 39.8 Å². The number of carbonyl (C=O) groups is 1. The van der Waals surface area contributed by atoms with E-state index < -0.39 is 5.41 Å². The van der Waals surface area contributed by atoms with Crippen LogP contribution in [0.5, 0.6) is 11.5 Å². The molecule has 0 spiro atoms. The second-order valence-electron chi connectivity index (χ2n) is 4.59. The molecule has 1 rings (SSSR count). The van der Waals surface area contributed by atoms with Crippen molar-refractivity contribution >= 4 is 5.97 Å². The highest BCUT2D eigenvalue weighted by molar-refractivity contribution is 5.78. The fourth-order valence-corrected chi connectivity index (χ4v) is 1.00. The normalized spacial score (nSPS) is 11.2. The predicted molar refractivity (Wildman–Crippen MR) is 57.9 cm³/mol. The first kappa shape index (κ1) is 11.6. The first-order valence-corrected chi connectivity index (χ1v) is 4.82. The van der Waals surface area contributed by atoms with E-state index in [1.165, 1.54) is 6.07 Å². The molecule has 0 atom stereocenters. The SMILES string of the molecule is Cc1cc(O)ccc1OC(=O)C(C)(C)C. The molecule has 0 aliphatic rings. The van der Waals surface area contributed by atoms with Crippen molar-refractivity contribution < 1.29 is 14.6 Å². The number of ether oxygens (including phenoxy) is 1. The van der Waals surface area contributed by atoms with E-state index in [0.29, 0.717) is 5.75 Å². The largest absolute Gasteiger partial charge is 0.508 e. The minimum Gasteiger partial charge on any atom is -0.508 e. The fourth-order valence-electron chi connectivity index (χ4n) is 1.00. The van der Waals surface area contributed by atoms with Crippen LogP contribution in [-0.4, -0.2) is 11.1 Å². The maximum atomic E-state index is 11.6. The average molecular weight is 208 g/mol. The number of hydrogen-bond donors (Lipinski definition) is 1. The van der Waals surface area contributed by atoms with Crippen LogP contribution in [0.3, 0.4) is 0 Å². The van der Waals surface area contributed by atoms with Crippen molar-refractivity contribution in [2.24, 2.45) is 5.41 Å². The Labute approximate surface area is 89.7 Å². The Bertz CT molecular complexity index is 375. The lowest BCUT2D eigenvalue weighted by atomic mass is 9.97. The van der Waals surface area contributed by atoms with Gasteiger partial charge in [0.05, 0.1) is 5.41 Å². The van der Waals surface area contributed by atoms with Gasteiger partial charge in [-0.1, -0.05) is 0 Å². The van der Waals surface area contributed by atoms with Gasteiger partial charge in [-0.05, 0) is 51.5 Å². The van der Waals surface area contributed by atoms with Crippen molar-refractivity contribution in [2.75, 3.05) is 0 Å². The lowest BCUT2D eigenvalue weighted by Gasteiger charge is -2.17. The van der Waals surface area contributed by atoms with Gasteiger partial charge in [0.15, 0.2) is 0 Å². The van der Waals surface area contributed by atoms with Crippen LogP contribution in [0.15, 0.2) is 18.2 Å². The van der Waals surface area contributed by atoms with Crippen LogP contribution in [0, 0.1) is 12.3 Å². The summed E-state index contributed by atoms with van der Waals surface area (Å²) < 4.78 is 5.21. The second kappa shape index (κ2) is 3.93. The van der Waals surface area contributed by atoms with Gasteiger partial charge < -0.3 is 9.84 Å². The van der Waals surface area contributed by atoms with Crippen LogP contribution >= 0.6 is 0 Å². The molecule has 0 radical (unpaired) electrons. The minimum absolute atomic E-state index is 0.169. The molecule has 1 aromatic rings. The van der Waals surface area contributed by atoms with Crippen LogP contribution in [0.4, 0.5) is 0 Å². The van der Waals surface area contributed by atoms with Crippen molar-refractivity contribution in [1.82, 2.24) is 0 Å². The lowest BCUT2D eigenvalue weighted by molar-refractivity contribution is -0.143. The summed E-state index contributed by atoms with van der Waals surface area (Å²) >= 11 is 0. The maximum Gasteiger partial charge on any atom is 0.316 e. The molecule has 0 bridgehead atoms. The Morgan fingerprint density at radius 1 is 1.33 bits per heavy atom. The minimum atomic E-state index is -0.523. The summed E-state index contributed by atoms with van der Waals surface area (Å²) in [6, 6.07) is 4.65. The third kappa shape index (κ3) is 2.98. The number of aromatic hydroxyl groups is 1. The van der Waals surface area contributed by atoms with Crippen molar-refractivity contribution in [3.63, 3.8) is 0 Å². The van der Waals surface area contributed by atoms with Crippen LogP contribution in [0.2, 0.25) is 0 Å². The van der Waals surface area contributed by atoms with Crippen LogP contribution < -0.4 is 4.74 Å². The topological polar surface area (TPSA) is 46.5 Å². The van der Waals surface area contributed by atoms with E-state index in [4.69, 9.17) is 4.74 Å². The number of benzene rings is 1. The first-order chi connectivity index (χ1) is 6.80. The Morgan fingerprint density at radius 3 is 2.40 bits per heavy atom. The number of phenolic OH excluding ortho intramolecular Hbond substituents is 1. The molecule has 0 amide bonds. The molecule has 15 heavy (non-hydrogen) atoms. The Hall–Kier alpha value is -1.51. The van der Waals surface area contributed by atoms with Crippen LogP contribution in [0.1, 0.15) is 26.3 Å². The highest BCUT2D eigenvalue weighted by Gasteiger charge is 2.24. The molecule has 1 N–H and O–H groups in total. The zero-order valence-corrected chi connectivity index (χ0v) is 9.50. The monoisotopic (exact) mass is 208 g/mol. The summed E-state index contributed by atoms with van der Waals surface area (Å²) in [5, 5.41) is 9.19. The van der Waals surface area contributed by atoms with E-state index in [9.17, 15) is 9.90 Å². The summed E-state index contributed by atoms with van der Waals surface area (Å²) in [7, 11) is 0. The number of phenols is 1. The smallest absolute Gasteiger partial charge is 0.316 e. The van der Waals surface area contributed by atoms with Crippen LogP contribution in [-0.2, 0) is 4.79 Å². The maximum absolute atomic E-state index is 11.6. The van der Waals surface area contributed by atoms with E-state index in [0.717, 1.165) is 5.56 Å². The molecule has 0 aliphatic carbocycles. The highest BCUT2D eigenvalue weighted by atomic mass is 16.5.